The molecule has 1 aliphatic rings. The van der Waals surface area contributed by atoms with Crippen LogP contribution in [0.25, 0.3) is 0 Å². The van der Waals surface area contributed by atoms with Crippen molar-refractivity contribution in [3.05, 3.63) is 95.6 Å². The number of nitrogens with zero attached hydrogens (tertiary/aromatic N) is 2. The Hall–Kier alpha value is -3.10. The second-order valence-corrected chi connectivity index (χ2v) is 9.47. The molecule has 0 radical (unpaired) electrons. The quantitative estimate of drug-likeness (QED) is 0.518. The molecule has 166 valence electrons. The van der Waals surface area contributed by atoms with Crippen molar-refractivity contribution in [2.45, 2.75) is 30.3 Å². The van der Waals surface area contributed by atoms with Crippen molar-refractivity contribution in [3.63, 3.8) is 0 Å². The third-order valence-corrected chi connectivity index (χ3v) is 7.30. The Morgan fingerprint density at radius 1 is 0.969 bits per heavy atom. The Labute approximate surface area is 186 Å². The summed E-state index contributed by atoms with van der Waals surface area (Å²) in [5, 5.41) is 0. The lowest BCUT2D eigenvalue weighted by molar-refractivity contribution is 0.0370. The molecule has 1 atom stereocenters. The number of carbonyl (C=O) groups excluding carboxylic acids is 1. The molecule has 0 amide bonds. The fraction of sp³-hybridized carbons (Fsp3) is 0.250. The summed E-state index contributed by atoms with van der Waals surface area (Å²) in [6.07, 6.45) is 3.20. The predicted octanol–water partition coefficient (Wildman–Crippen LogP) is 4.34. The predicted molar refractivity (Wildman–Crippen MR) is 117 cm³/mol. The van der Waals surface area contributed by atoms with E-state index < -0.39 is 32.8 Å². The van der Waals surface area contributed by atoms with Crippen molar-refractivity contribution in [3.8, 4) is 0 Å². The van der Waals surface area contributed by atoms with Gasteiger partial charge in [0, 0.05) is 19.3 Å². The molecule has 1 saturated heterocycles. The first-order valence-electron chi connectivity index (χ1n) is 10.4. The van der Waals surface area contributed by atoms with Crippen LogP contribution >= 0.6 is 0 Å². The summed E-state index contributed by atoms with van der Waals surface area (Å²) < 4.78 is 47.4. The van der Waals surface area contributed by atoms with Gasteiger partial charge in [0.05, 0.1) is 11.3 Å². The molecule has 1 aliphatic heterocycles. The van der Waals surface area contributed by atoms with Crippen molar-refractivity contribution < 1.29 is 22.3 Å². The van der Waals surface area contributed by atoms with Crippen LogP contribution in [-0.2, 0) is 14.8 Å². The molecule has 2 heterocycles. The first-order valence-corrected chi connectivity index (χ1v) is 11.9. The molecule has 1 aromatic heterocycles. The third-order valence-electron chi connectivity index (χ3n) is 5.38. The molecule has 0 saturated carbocycles. The second-order valence-electron chi connectivity index (χ2n) is 7.56. The number of aromatic nitrogens is 1. The van der Waals surface area contributed by atoms with Gasteiger partial charge in [-0.25, -0.2) is 17.6 Å². The van der Waals surface area contributed by atoms with Crippen LogP contribution in [0.1, 0.15) is 47.0 Å². The lowest BCUT2D eigenvalue weighted by atomic mass is 10.1. The molecule has 0 spiro atoms. The van der Waals surface area contributed by atoms with Crippen molar-refractivity contribution >= 4 is 16.0 Å². The van der Waals surface area contributed by atoms with E-state index in [4.69, 9.17) is 4.74 Å². The Bertz CT molecular complexity index is 1140. The maximum atomic E-state index is 14.5. The number of hydrogen-bond acceptors (Lipinski definition) is 5. The van der Waals surface area contributed by atoms with E-state index in [2.05, 4.69) is 4.98 Å². The molecule has 8 heteroatoms. The Morgan fingerprint density at radius 3 is 2.38 bits per heavy atom. The zero-order valence-corrected chi connectivity index (χ0v) is 18.2. The van der Waals surface area contributed by atoms with Crippen LogP contribution in [-0.4, -0.2) is 36.8 Å². The maximum Gasteiger partial charge on any atom is 0.339 e. The number of sulfonamides is 1. The van der Waals surface area contributed by atoms with Crippen molar-refractivity contribution in [1.29, 1.82) is 0 Å². The van der Waals surface area contributed by atoms with E-state index in [1.165, 1.54) is 10.4 Å². The van der Waals surface area contributed by atoms with Crippen molar-refractivity contribution in [2.24, 2.45) is 0 Å². The van der Waals surface area contributed by atoms with Crippen LogP contribution in [0.15, 0.2) is 77.8 Å². The average molecular weight is 455 g/mol. The van der Waals surface area contributed by atoms with Gasteiger partial charge in [0.25, 0.3) is 0 Å². The van der Waals surface area contributed by atoms with E-state index >= 15 is 0 Å². The van der Waals surface area contributed by atoms with Gasteiger partial charge >= 0.3 is 5.97 Å². The van der Waals surface area contributed by atoms with E-state index in [9.17, 15) is 17.6 Å². The van der Waals surface area contributed by atoms with Gasteiger partial charge in [0.2, 0.25) is 10.0 Å². The van der Waals surface area contributed by atoms with E-state index in [0.29, 0.717) is 24.3 Å². The molecule has 3 aromatic rings. The minimum absolute atomic E-state index is 0.0427. The van der Waals surface area contributed by atoms with Crippen LogP contribution in [0.3, 0.4) is 0 Å². The van der Waals surface area contributed by atoms with Gasteiger partial charge in [-0.1, -0.05) is 42.8 Å². The number of esters is 1. The van der Waals surface area contributed by atoms with Crippen LogP contribution in [0, 0.1) is 5.82 Å². The molecule has 4 rings (SSSR count). The first kappa shape index (κ1) is 22.1. The minimum atomic E-state index is -4.04. The number of pyridine rings is 1. The summed E-state index contributed by atoms with van der Waals surface area (Å²) >= 11 is 0. The van der Waals surface area contributed by atoms with Gasteiger partial charge in [-0.15, -0.1) is 0 Å². The van der Waals surface area contributed by atoms with E-state index in [1.54, 1.807) is 24.4 Å². The lowest BCUT2D eigenvalue weighted by Crippen LogP contribution is -2.36. The van der Waals surface area contributed by atoms with Gasteiger partial charge in [0.15, 0.2) is 6.10 Å². The molecule has 0 bridgehead atoms. The Balaban J connectivity index is 1.65. The Morgan fingerprint density at radius 2 is 1.69 bits per heavy atom. The number of ether oxygens (including phenoxy) is 1. The number of carbonyl (C=O) groups is 1. The van der Waals surface area contributed by atoms with E-state index in [0.717, 1.165) is 31.4 Å². The number of benzene rings is 2. The highest BCUT2D eigenvalue weighted by Gasteiger charge is 2.30. The molecule has 1 fully saturated rings. The highest BCUT2D eigenvalue weighted by molar-refractivity contribution is 7.89. The molecule has 0 N–H and O–H groups in total. The third kappa shape index (κ3) is 4.71. The summed E-state index contributed by atoms with van der Waals surface area (Å²) in [5.41, 5.74) is 1.19. The average Bonchev–Trinajstić information content (AvgIpc) is 2.84. The summed E-state index contributed by atoms with van der Waals surface area (Å²) in [5.74, 6) is -1.66. The van der Waals surface area contributed by atoms with Crippen molar-refractivity contribution in [1.82, 2.24) is 9.29 Å². The standard InChI is InChI=1S/C24H23FN2O4S/c25-20-13-12-19(17-22(20)32(29,30)27-15-7-2-8-16-27)24(28)31-23(18-9-3-1-4-10-18)21-11-5-6-14-26-21/h1,3-6,9-14,17,23H,2,7-8,15-16H2. The minimum Gasteiger partial charge on any atom is -0.447 e. The second kappa shape index (κ2) is 9.58. The summed E-state index contributed by atoms with van der Waals surface area (Å²) in [4.78, 5) is 16.8. The molecular weight excluding hydrogens is 431 g/mol. The van der Waals surface area contributed by atoms with Crippen LogP contribution in [0.2, 0.25) is 0 Å². The fourth-order valence-corrected chi connectivity index (χ4v) is 5.31. The molecule has 2 aromatic carbocycles. The zero-order chi connectivity index (χ0) is 22.6. The summed E-state index contributed by atoms with van der Waals surface area (Å²) in [7, 11) is -4.04. The SMILES string of the molecule is O=C(OC(c1ccccc1)c1ccccn1)c1ccc(F)c(S(=O)(=O)N2CCCCC2)c1. The highest BCUT2D eigenvalue weighted by atomic mass is 32.2. The largest absolute Gasteiger partial charge is 0.447 e. The van der Waals surface area contributed by atoms with Gasteiger partial charge in [-0.2, -0.15) is 4.31 Å². The zero-order valence-electron chi connectivity index (χ0n) is 17.4. The van der Waals surface area contributed by atoms with Gasteiger partial charge in [0.1, 0.15) is 10.7 Å². The first-order chi connectivity index (χ1) is 15.5. The summed E-state index contributed by atoms with van der Waals surface area (Å²) in [6, 6.07) is 17.7. The van der Waals surface area contributed by atoms with Gasteiger partial charge in [-0.05, 0) is 48.7 Å². The highest BCUT2D eigenvalue weighted by Crippen LogP contribution is 2.28. The molecular formula is C24H23FN2O4S. The molecule has 1 unspecified atom stereocenters. The maximum absolute atomic E-state index is 14.5. The van der Waals surface area contributed by atoms with Gasteiger partial charge in [-0.3, -0.25) is 4.98 Å². The fourth-order valence-electron chi connectivity index (χ4n) is 3.71. The number of rotatable bonds is 6. The Kier molecular flexibility index (Phi) is 6.62. The molecule has 6 nitrogen and oxygen atoms in total. The van der Waals surface area contributed by atoms with Crippen molar-refractivity contribution in [2.75, 3.05) is 13.1 Å². The normalized spacial score (nSPS) is 15.8. The molecule has 0 aliphatic carbocycles. The monoisotopic (exact) mass is 454 g/mol. The van der Waals surface area contributed by atoms with E-state index in [-0.39, 0.29) is 5.56 Å². The van der Waals surface area contributed by atoms with E-state index in [1.807, 2.05) is 30.3 Å². The topological polar surface area (TPSA) is 76.6 Å². The van der Waals surface area contributed by atoms with Crippen LogP contribution < -0.4 is 0 Å². The van der Waals surface area contributed by atoms with Crippen LogP contribution in [0.5, 0.6) is 0 Å². The number of halogens is 1. The number of hydrogen-bond donors (Lipinski definition) is 0. The number of piperidine rings is 1. The molecule has 32 heavy (non-hydrogen) atoms. The summed E-state index contributed by atoms with van der Waals surface area (Å²) in [6.45, 7) is 0.679. The lowest BCUT2D eigenvalue weighted by Gasteiger charge is -2.26. The smallest absolute Gasteiger partial charge is 0.339 e. The van der Waals surface area contributed by atoms with Crippen LogP contribution in [0.4, 0.5) is 4.39 Å². The van der Waals surface area contributed by atoms with Gasteiger partial charge < -0.3 is 4.74 Å².